The number of halogens is 9. The molecular formula is C21H6Br3F6N3. The van der Waals surface area contributed by atoms with Crippen LogP contribution in [0.2, 0.25) is 0 Å². The van der Waals surface area contributed by atoms with Gasteiger partial charge in [-0.05, 0) is 36.4 Å². The third-order valence-electron chi connectivity index (χ3n) is 4.33. The lowest BCUT2D eigenvalue weighted by molar-refractivity contribution is 0.582. The number of hydrogen-bond donors (Lipinski definition) is 0. The van der Waals surface area contributed by atoms with Crippen molar-refractivity contribution in [3.63, 3.8) is 0 Å². The second kappa shape index (κ2) is 9.15. The van der Waals surface area contributed by atoms with E-state index in [-0.39, 0.29) is 13.4 Å². The molecule has 4 aromatic rings. The molecule has 0 radical (unpaired) electrons. The summed E-state index contributed by atoms with van der Waals surface area (Å²) < 4.78 is 87.8. The van der Waals surface area contributed by atoms with Crippen LogP contribution in [-0.2, 0) is 0 Å². The predicted octanol–water partition coefficient (Wildman–Crippen LogP) is 7.99. The summed E-state index contributed by atoms with van der Waals surface area (Å²) in [5.74, 6) is -8.92. The van der Waals surface area contributed by atoms with Crippen LogP contribution in [0, 0.1) is 34.9 Å². The first-order chi connectivity index (χ1) is 15.5. The van der Waals surface area contributed by atoms with Gasteiger partial charge in [-0.2, -0.15) is 0 Å². The van der Waals surface area contributed by atoms with E-state index in [0.29, 0.717) is 0 Å². The molecule has 1 heterocycles. The molecular weight excluding hydrogens is 648 g/mol. The summed E-state index contributed by atoms with van der Waals surface area (Å²) in [5.41, 5.74) is -2.34. The lowest BCUT2D eigenvalue weighted by Gasteiger charge is -2.12. The first-order valence-corrected chi connectivity index (χ1v) is 11.1. The van der Waals surface area contributed by atoms with Gasteiger partial charge in [-0.15, -0.1) is 0 Å². The van der Waals surface area contributed by atoms with Crippen LogP contribution in [0.25, 0.3) is 34.2 Å². The topological polar surface area (TPSA) is 38.7 Å². The zero-order valence-corrected chi connectivity index (χ0v) is 20.5. The zero-order chi connectivity index (χ0) is 24.0. The molecule has 0 atom stereocenters. The van der Waals surface area contributed by atoms with Crippen molar-refractivity contribution in [1.82, 2.24) is 15.0 Å². The van der Waals surface area contributed by atoms with Gasteiger partial charge >= 0.3 is 0 Å². The van der Waals surface area contributed by atoms with Crippen LogP contribution in [-0.4, -0.2) is 15.0 Å². The van der Waals surface area contributed by atoms with Crippen molar-refractivity contribution in [1.29, 1.82) is 0 Å². The van der Waals surface area contributed by atoms with E-state index < -0.39 is 69.1 Å². The normalized spacial score (nSPS) is 11.2. The molecule has 0 aliphatic heterocycles. The minimum absolute atomic E-state index is 0.0609. The van der Waals surface area contributed by atoms with Crippen LogP contribution in [0.3, 0.4) is 0 Å². The summed E-state index contributed by atoms with van der Waals surface area (Å²) >= 11 is 8.80. The van der Waals surface area contributed by atoms with E-state index in [1.807, 2.05) is 0 Å². The molecule has 3 nitrogen and oxygen atoms in total. The molecule has 0 N–H and O–H groups in total. The number of rotatable bonds is 3. The second-order valence-electron chi connectivity index (χ2n) is 6.54. The predicted molar refractivity (Wildman–Crippen MR) is 119 cm³/mol. The van der Waals surface area contributed by atoms with Crippen molar-refractivity contribution in [2.45, 2.75) is 0 Å². The van der Waals surface area contributed by atoms with E-state index in [9.17, 15) is 26.3 Å². The summed E-state index contributed by atoms with van der Waals surface area (Å²) in [6.07, 6.45) is 0. The van der Waals surface area contributed by atoms with Gasteiger partial charge in [-0.1, -0.05) is 47.8 Å². The van der Waals surface area contributed by atoms with Crippen LogP contribution in [0.5, 0.6) is 0 Å². The van der Waals surface area contributed by atoms with E-state index in [0.717, 1.165) is 36.4 Å². The maximum atomic E-state index is 14.6. The van der Waals surface area contributed by atoms with Crippen molar-refractivity contribution in [2.24, 2.45) is 0 Å². The molecule has 0 fully saturated rings. The average Bonchev–Trinajstić information content (AvgIpc) is 2.65. The van der Waals surface area contributed by atoms with Crippen molar-refractivity contribution in [2.75, 3.05) is 0 Å². The quantitative estimate of drug-likeness (QED) is 0.211. The molecule has 12 heteroatoms. The van der Waals surface area contributed by atoms with Gasteiger partial charge in [0.05, 0.1) is 16.7 Å². The molecule has 168 valence electrons. The van der Waals surface area contributed by atoms with Crippen molar-refractivity contribution < 1.29 is 26.3 Å². The Labute approximate surface area is 207 Å². The summed E-state index contributed by atoms with van der Waals surface area (Å²) in [5, 5.41) is 0. The standard InChI is InChI=1S/C21H6Br3F6N3/c22-7-1-10(25)16(11(26)2-7)19-31-20(17-12(27)3-8(23)4-13(17)28)33-21(32-19)18-14(29)5-9(24)6-15(18)30/h1-6H. The molecule has 4 rings (SSSR count). The van der Waals surface area contributed by atoms with Gasteiger partial charge in [-0.25, -0.2) is 41.3 Å². The Bertz CT molecular complexity index is 1180. The van der Waals surface area contributed by atoms with Crippen molar-refractivity contribution in [3.8, 4) is 34.2 Å². The van der Waals surface area contributed by atoms with Gasteiger partial charge < -0.3 is 0 Å². The first kappa shape index (κ1) is 23.8. The Morgan fingerprint density at radius 3 is 0.758 bits per heavy atom. The largest absolute Gasteiger partial charge is 0.208 e. The van der Waals surface area contributed by atoms with Crippen LogP contribution < -0.4 is 0 Å². The molecule has 0 amide bonds. The van der Waals surface area contributed by atoms with E-state index in [1.165, 1.54) is 0 Å². The SMILES string of the molecule is Fc1cc(Br)cc(F)c1-c1nc(-c2c(F)cc(Br)cc2F)nc(-c2c(F)cc(Br)cc2F)n1. The molecule has 3 aromatic carbocycles. The highest BCUT2D eigenvalue weighted by Gasteiger charge is 2.25. The Hall–Kier alpha value is -2.31. The molecule has 0 saturated carbocycles. The van der Waals surface area contributed by atoms with E-state index in [1.54, 1.807) is 0 Å². The van der Waals surface area contributed by atoms with Gasteiger partial charge in [0.1, 0.15) is 34.9 Å². The minimum Gasteiger partial charge on any atom is -0.208 e. The van der Waals surface area contributed by atoms with Gasteiger partial charge in [-0.3, -0.25) is 0 Å². The highest BCUT2D eigenvalue weighted by molar-refractivity contribution is 9.11. The molecule has 33 heavy (non-hydrogen) atoms. The Balaban J connectivity index is 2.08. The molecule has 0 aliphatic rings. The first-order valence-electron chi connectivity index (χ1n) is 8.76. The molecule has 0 saturated heterocycles. The Morgan fingerprint density at radius 2 is 0.576 bits per heavy atom. The fraction of sp³-hybridized carbons (Fsp3) is 0. The highest BCUT2D eigenvalue weighted by Crippen LogP contribution is 2.34. The highest BCUT2D eigenvalue weighted by atomic mass is 79.9. The Morgan fingerprint density at radius 1 is 0.394 bits per heavy atom. The Kier molecular flexibility index (Phi) is 6.61. The lowest BCUT2D eigenvalue weighted by Crippen LogP contribution is -2.06. The average molecular weight is 654 g/mol. The monoisotopic (exact) mass is 651 g/mol. The molecule has 0 spiro atoms. The summed E-state index contributed by atoms with van der Waals surface area (Å²) in [6, 6.07) is 5.44. The van der Waals surface area contributed by atoms with Gasteiger partial charge in [0.15, 0.2) is 17.5 Å². The van der Waals surface area contributed by atoms with E-state index in [4.69, 9.17) is 0 Å². The number of benzene rings is 3. The van der Waals surface area contributed by atoms with Gasteiger partial charge in [0, 0.05) is 13.4 Å². The van der Waals surface area contributed by atoms with Crippen LogP contribution in [0.4, 0.5) is 26.3 Å². The van der Waals surface area contributed by atoms with Crippen LogP contribution in [0.15, 0.2) is 49.8 Å². The maximum Gasteiger partial charge on any atom is 0.170 e. The van der Waals surface area contributed by atoms with Gasteiger partial charge in [0.2, 0.25) is 0 Å². The van der Waals surface area contributed by atoms with Gasteiger partial charge in [0.25, 0.3) is 0 Å². The molecule has 1 aromatic heterocycles. The fourth-order valence-corrected chi connectivity index (χ4v) is 4.18. The summed E-state index contributed by atoms with van der Waals surface area (Å²) in [4.78, 5) is 11.4. The second-order valence-corrected chi connectivity index (χ2v) is 9.29. The third-order valence-corrected chi connectivity index (χ3v) is 5.70. The smallest absolute Gasteiger partial charge is 0.170 e. The van der Waals surface area contributed by atoms with E-state index >= 15 is 0 Å². The zero-order valence-electron chi connectivity index (χ0n) is 15.7. The summed E-state index contributed by atoms with van der Waals surface area (Å²) in [6.45, 7) is 0. The summed E-state index contributed by atoms with van der Waals surface area (Å²) in [7, 11) is 0. The van der Waals surface area contributed by atoms with Crippen LogP contribution >= 0.6 is 47.8 Å². The molecule has 0 aliphatic carbocycles. The van der Waals surface area contributed by atoms with Crippen LogP contribution in [0.1, 0.15) is 0 Å². The number of aromatic nitrogens is 3. The molecule has 0 bridgehead atoms. The minimum atomic E-state index is -1.13. The third kappa shape index (κ3) is 4.69. The van der Waals surface area contributed by atoms with E-state index in [2.05, 4.69) is 62.7 Å². The fourth-order valence-electron chi connectivity index (χ4n) is 2.98. The van der Waals surface area contributed by atoms with Crippen molar-refractivity contribution >= 4 is 47.8 Å². The lowest BCUT2D eigenvalue weighted by atomic mass is 10.1. The van der Waals surface area contributed by atoms with Crippen molar-refractivity contribution in [3.05, 3.63) is 84.7 Å². The molecule has 0 unspecified atom stereocenters. The number of nitrogens with zero attached hydrogens (tertiary/aromatic N) is 3. The number of hydrogen-bond acceptors (Lipinski definition) is 3. The maximum absolute atomic E-state index is 14.6.